The average molecular weight is 253 g/mol. The molecule has 4 heteroatoms. The third-order valence-corrected chi connectivity index (χ3v) is 2.21. The Balaban J connectivity index is 2.83. The van der Waals surface area contributed by atoms with Gasteiger partial charge in [-0.25, -0.2) is 4.79 Å². The van der Waals surface area contributed by atoms with Crippen LogP contribution in [0.1, 0.15) is 20.8 Å². The van der Waals surface area contributed by atoms with Crippen LogP contribution in [-0.4, -0.2) is 24.0 Å². The van der Waals surface area contributed by atoms with Crippen LogP contribution in [0.25, 0.3) is 0 Å². The van der Waals surface area contributed by atoms with Gasteiger partial charge in [0.05, 0.1) is 0 Å². The van der Waals surface area contributed by atoms with Crippen LogP contribution < -0.4 is 4.90 Å². The number of rotatable bonds is 3. The molecule has 0 heterocycles. The molecule has 0 aliphatic rings. The van der Waals surface area contributed by atoms with E-state index in [-0.39, 0.29) is 6.09 Å². The molecule has 0 unspecified atom stereocenters. The van der Waals surface area contributed by atoms with Crippen LogP contribution in [0.2, 0.25) is 0 Å². The Morgan fingerprint density at radius 3 is 2.35 bits per heavy atom. The first-order valence-electron chi connectivity index (χ1n) is 5.60. The summed E-state index contributed by atoms with van der Waals surface area (Å²) in [5.74, 6) is 0.591. The number of hydrogen-bond donors (Lipinski definition) is 1. The molecule has 0 aromatic heterocycles. The Kier molecular flexibility index (Phi) is 4.87. The van der Waals surface area contributed by atoms with Gasteiger partial charge in [-0.05, 0) is 32.9 Å². The van der Waals surface area contributed by atoms with Crippen LogP contribution in [-0.2, 0) is 4.74 Å². The molecule has 94 valence electrons. The van der Waals surface area contributed by atoms with Gasteiger partial charge in [0.15, 0.2) is 0 Å². The van der Waals surface area contributed by atoms with Gasteiger partial charge >= 0.3 is 6.09 Å². The largest absolute Gasteiger partial charge is 0.443 e. The second-order valence-corrected chi connectivity index (χ2v) is 5.14. The molecule has 0 fully saturated rings. The van der Waals surface area contributed by atoms with Crippen molar-refractivity contribution in [1.82, 2.24) is 0 Å². The van der Waals surface area contributed by atoms with Crippen molar-refractivity contribution in [2.24, 2.45) is 0 Å². The summed E-state index contributed by atoms with van der Waals surface area (Å²) in [6.45, 7) is 6.10. The van der Waals surface area contributed by atoms with E-state index in [1.165, 1.54) is 0 Å². The summed E-state index contributed by atoms with van der Waals surface area (Å²) >= 11 is 4.17. The van der Waals surface area contributed by atoms with Gasteiger partial charge in [-0.15, -0.1) is 0 Å². The Morgan fingerprint density at radius 2 is 1.88 bits per heavy atom. The molecule has 0 atom stereocenters. The normalized spacial score (nSPS) is 11.1. The molecule has 3 nitrogen and oxygen atoms in total. The lowest BCUT2D eigenvalue weighted by Crippen LogP contribution is -2.38. The second-order valence-electron chi connectivity index (χ2n) is 4.69. The molecule has 0 aliphatic carbocycles. The number of nitrogens with zero attached hydrogens (tertiary/aromatic N) is 1. The van der Waals surface area contributed by atoms with E-state index in [4.69, 9.17) is 4.74 Å². The maximum absolute atomic E-state index is 12.0. The molecule has 0 bridgehead atoms. The third kappa shape index (κ3) is 4.69. The maximum atomic E-state index is 12.0. The number of carbonyl (C=O) groups excluding carboxylic acids is 1. The van der Waals surface area contributed by atoms with Crippen molar-refractivity contribution in [1.29, 1.82) is 0 Å². The Morgan fingerprint density at radius 1 is 1.29 bits per heavy atom. The predicted octanol–water partition coefficient (Wildman–Crippen LogP) is 3.36. The van der Waals surface area contributed by atoms with E-state index in [0.29, 0.717) is 12.3 Å². The van der Waals surface area contributed by atoms with Crippen molar-refractivity contribution in [2.45, 2.75) is 26.4 Å². The first kappa shape index (κ1) is 13.9. The van der Waals surface area contributed by atoms with Crippen molar-refractivity contribution >= 4 is 24.4 Å². The van der Waals surface area contributed by atoms with Crippen molar-refractivity contribution in [3.8, 4) is 0 Å². The Hall–Kier alpha value is -1.16. The highest BCUT2D eigenvalue weighted by atomic mass is 32.1. The summed E-state index contributed by atoms with van der Waals surface area (Å²) < 4.78 is 5.36. The summed E-state index contributed by atoms with van der Waals surface area (Å²) in [7, 11) is 0. The predicted molar refractivity (Wildman–Crippen MR) is 73.9 cm³/mol. The zero-order chi connectivity index (χ0) is 12.9. The molecule has 0 spiro atoms. The van der Waals surface area contributed by atoms with Crippen LogP contribution in [0.5, 0.6) is 0 Å². The molecule has 0 N–H and O–H groups in total. The molecule has 0 saturated carbocycles. The second kappa shape index (κ2) is 5.96. The lowest BCUT2D eigenvalue weighted by Gasteiger charge is -2.27. The molecule has 0 radical (unpaired) electrons. The summed E-state index contributed by atoms with van der Waals surface area (Å²) in [6, 6.07) is 9.47. The molecular formula is C13H19NO2S. The van der Waals surface area contributed by atoms with E-state index < -0.39 is 5.60 Å². The van der Waals surface area contributed by atoms with Crippen molar-refractivity contribution in [2.75, 3.05) is 17.2 Å². The molecule has 17 heavy (non-hydrogen) atoms. The molecule has 0 saturated heterocycles. The fourth-order valence-electron chi connectivity index (χ4n) is 1.35. The van der Waals surface area contributed by atoms with Crippen LogP contribution in [0.15, 0.2) is 30.3 Å². The van der Waals surface area contributed by atoms with Crippen molar-refractivity contribution < 1.29 is 9.53 Å². The van der Waals surface area contributed by atoms with Crippen molar-refractivity contribution in [3.05, 3.63) is 30.3 Å². The van der Waals surface area contributed by atoms with Crippen LogP contribution in [0, 0.1) is 0 Å². The molecule has 1 aromatic rings. The molecule has 1 amide bonds. The third-order valence-electron chi connectivity index (χ3n) is 2.01. The Labute approximate surface area is 108 Å². The number of anilines is 1. The minimum Gasteiger partial charge on any atom is -0.443 e. The van der Waals surface area contributed by atoms with E-state index in [2.05, 4.69) is 12.6 Å². The number of thiol groups is 1. The van der Waals surface area contributed by atoms with Gasteiger partial charge in [0, 0.05) is 18.0 Å². The van der Waals surface area contributed by atoms with Gasteiger partial charge in [0.25, 0.3) is 0 Å². The topological polar surface area (TPSA) is 29.5 Å². The number of amides is 1. The van der Waals surface area contributed by atoms with Gasteiger partial charge in [0.1, 0.15) is 5.60 Å². The minimum atomic E-state index is -0.485. The van der Waals surface area contributed by atoms with Gasteiger partial charge in [0.2, 0.25) is 0 Å². The maximum Gasteiger partial charge on any atom is 0.414 e. The fourth-order valence-corrected chi connectivity index (χ4v) is 1.55. The van der Waals surface area contributed by atoms with E-state index in [0.717, 1.165) is 5.69 Å². The smallest absolute Gasteiger partial charge is 0.414 e. The van der Waals surface area contributed by atoms with E-state index in [1.807, 2.05) is 51.1 Å². The fraction of sp³-hybridized carbons (Fsp3) is 0.462. The lowest BCUT2D eigenvalue weighted by atomic mass is 10.2. The van der Waals surface area contributed by atoms with E-state index >= 15 is 0 Å². The van der Waals surface area contributed by atoms with Crippen LogP contribution in [0.3, 0.4) is 0 Å². The van der Waals surface area contributed by atoms with Gasteiger partial charge in [-0.2, -0.15) is 12.6 Å². The van der Waals surface area contributed by atoms with E-state index in [9.17, 15) is 4.79 Å². The number of para-hydroxylation sites is 1. The number of carbonyl (C=O) groups is 1. The van der Waals surface area contributed by atoms with Gasteiger partial charge < -0.3 is 4.74 Å². The number of benzene rings is 1. The standard InChI is InChI=1S/C13H19NO2S/c1-13(2,3)16-12(15)14(9-10-17)11-7-5-4-6-8-11/h4-8,17H,9-10H2,1-3H3. The highest BCUT2D eigenvalue weighted by Crippen LogP contribution is 2.17. The highest BCUT2D eigenvalue weighted by molar-refractivity contribution is 7.80. The summed E-state index contributed by atoms with van der Waals surface area (Å²) in [5.41, 5.74) is 0.344. The highest BCUT2D eigenvalue weighted by Gasteiger charge is 2.22. The zero-order valence-corrected chi connectivity index (χ0v) is 11.4. The average Bonchev–Trinajstić information content (AvgIpc) is 2.24. The monoisotopic (exact) mass is 253 g/mol. The SMILES string of the molecule is CC(C)(C)OC(=O)N(CCS)c1ccccc1. The molecule has 0 aliphatic heterocycles. The summed E-state index contributed by atoms with van der Waals surface area (Å²) in [5, 5.41) is 0. The summed E-state index contributed by atoms with van der Waals surface area (Å²) in [4.78, 5) is 13.6. The Bertz CT molecular complexity index is 359. The van der Waals surface area contributed by atoms with E-state index in [1.54, 1.807) is 4.90 Å². The lowest BCUT2D eigenvalue weighted by molar-refractivity contribution is 0.0582. The quantitative estimate of drug-likeness (QED) is 0.837. The minimum absolute atomic E-state index is 0.335. The first-order chi connectivity index (χ1) is 7.94. The number of ether oxygens (including phenoxy) is 1. The van der Waals surface area contributed by atoms with Crippen LogP contribution in [0.4, 0.5) is 10.5 Å². The van der Waals surface area contributed by atoms with Gasteiger partial charge in [-0.1, -0.05) is 18.2 Å². The van der Waals surface area contributed by atoms with Crippen molar-refractivity contribution in [3.63, 3.8) is 0 Å². The molecular weight excluding hydrogens is 234 g/mol. The number of hydrogen-bond acceptors (Lipinski definition) is 3. The van der Waals surface area contributed by atoms with Crippen LogP contribution >= 0.6 is 12.6 Å². The molecule has 1 aromatic carbocycles. The summed E-state index contributed by atoms with van der Waals surface area (Å²) in [6.07, 6.45) is -0.335. The first-order valence-corrected chi connectivity index (χ1v) is 6.24. The molecule has 1 rings (SSSR count). The van der Waals surface area contributed by atoms with Gasteiger partial charge in [-0.3, -0.25) is 4.90 Å². The zero-order valence-electron chi connectivity index (χ0n) is 10.5.